The molecule has 5 nitrogen and oxygen atoms in total. The number of nitrogens with zero attached hydrogens (tertiary/aromatic N) is 1. The van der Waals surface area contributed by atoms with Crippen LogP contribution in [0.25, 0.3) is 0 Å². The van der Waals surface area contributed by atoms with Crippen LogP contribution in [0.5, 0.6) is 0 Å². The fourth-order valence-corrected chi connectivity index (χ4v) is 3.42. The third-order valence-electron chi connectivity index (χ3n) is 4.07. The molecule has 0 radical (unpaired) electrons. The zero-order chi connectivity index (χ0) is 16.9. The zero-order valence-corrected chi connectivity index (χ0v) is 14.2. The van der Waals surface area contributed by atoms with Crippen molar-refractivity contribution in [3.8, 4) is 0 Å². The van der Waals surface area contributed by atoms with Gasteiger partial charge in [0.2, 0.25) is 0 Å². The Hall–Kier alpha value is -1.63. The van der Waals surface area contributed by atoms with E-state index in [1.54, 1.807) is 0 Å². The van der Waals surface area contributed by atoms with Gasteiger partial charge < -0.3 is 11.1 Å². The molecule has 1 fully saturated rings. The molecule has 0 aromatic heterocycles. The van der Waals surface area contributed by atoms with E-state index in [0.29, 0.717) is 6.04 Å². The van der Waals surface area contributed by atoms with Crippen molar-refractivity contribution in [3.05, 3.63) is 29.6 Å². The van der Waals surface area contributed by atoms with Gasteiger partial charge in [0, 0.05) is 17.9 Å². The molecular weight excluding hydrogens is 317 g/mol. The fourth-order valence-electron chi connectivity index (χ4n) is 2.75. The van der Waals surface area contributed by atoms with Crippen molar-refractivity contribution in [2.75, 3.05) is 6.26 Å². The molecule has 0 saturated heterocycles. The van der Waals surface area contributed by atoms with Crippen molar-refractivity contribution in [2.24, 2.45) is 10.7 Å². The number of guanidine groups is 1. The van der Waals surface area contributed by atoms with Gasteiger partial charge in [-0.15, -0.1) is 0 Å². The lowest BCUT2D eigenvalue weighted by atomic mass is 10.1. The van der Waals surface area contributed by atoms with Crippen molar-refractivity contribution in [2.45, 2.75) is 56.0 Å². The van der Waals surface area contributed by atoms with Crippen molar-refractivity contribution in [1.82, 2.24) is 5.32 Å². The summed E-state index contributed by atoms with van der Waals surface area (Å²) < 4.78 is 36.9. The molecule has 1 saturated carbocycles. The molecule has 0 spiro atoms. The van der Waals surface area contributed by atoms with Crippen LogP contribution in [0.1, 0.15) is 44.1 Å². The number of nitrogens with one attached hydrogen (secondary N) is 1. The molecule has 128 valence electrons. The molecule has 3 N–H and O–H groups in total. The van der Waals surface area contributed by atoms with Crippen LogP contribution in [0.2, 0.25) is 0 Å². The minimum atomic E-state index is -3.37. The second kappa shape index (κ2) is 7.77. The smallest absolute Gasteiger partial charge is 0.189 e. The topological polar surface area (TPSA) is 84.5 Å². The lowest BCUT2D eigenvalue weighted by molar-refractivity contribution is 0.529. The minimum absolute atomic E-state index is 0.0146. The molecule has 0 unspecified atom stereocenters. The predicted octanol–water partition coefficient (Wildman–Crippen LogP) is 2.36. The molecule has 0 amide bonds. The van der Waals surface area contributed by atoms with Gasteiger partial charge in [-0.25, -0.2) is 17.8 Å². The van der Waals surface area contributed by atoms with Crippen molar-refractivity contribution >= 4 is 15.8 Å². The summed E-state index contributed by atoms with van der Waals surface area (Å²) in [6.07, 6.45) is 8.07. The normalized spacial score (nSPS) is 17.7. The number of rotatable bonds is 4. The summed E-state index contributed by atoms with van der Waals surface area (Å²) in [5.41, 5.74) is 6.10. The summed E-state index contributed by atoms with van der Waals surface area (Å²) >= 11 is 0. The van der Waals surface area contributed by atoms with E-state index in [0.717, 1.165) is 25.2 Å². The first-order valence-corrected chi connectivity index (χ1v) is 9.80. The molecule has 0 atom stereocenters. The molecule has 0 aliphatic heterocycles. The van der Waals surface area contributed by atoms with E-state index >= 15 is 0 Å². The van der Waals surface area contributed by atoms with Gasteiger partial charge in [-0.1, -0.05) is 25.7 Å². The molecule has 23 heavy (non-hydrogen) atoms. The predicted molar refractivity (Wildman–Crippen MR) is 89.5 cm³/mol. The van der Waals surface area contributed by atoms with E-state index in [2.05, 4.69) is 10.3 Å². The number of hydrogen-bond donors (Lipinski definition) is 2. The van der Waals surface area contributed by atoms with Crippen molar-refractivity contribution in [1.29, 1.82) is 0 Å². The van der Waals surface area contributed by atoms with Gasteiger partial charge in [0.15, 0.2) is 15.8 Å². The second-order valence-corrected chi connectivity index (χ2v) is 8.08. The van der Waals surface area contributed by atoms with E-state index in [1.807, 2.05) is 0 Å². The summed E-state index contributed by atoms with van der Waals surface area (Å²) in [4.78, 5) is 4.23. The first-order valence-electron chi connectivity index (χ1n) is 7.91. The van der Waals surface area contributed by atoms with Gasteiger partial charge in [0.1, 0.15) is 5.82 Å². The Morgan fingerprint density at radius 3 is 2.57 bits per heavy atom. The van der Waals surface area contributed by atoms with Crippen LogP contribution in [0.3, 0.4) is 0 Å². The van der Waals surface area contributed by atoms with Crippen LogP contribution in [0.15, 0.2) is 28.1 Å². The maximum absolute atomic E-state index is 13.8. The lowest BCUT2D eigenvalue weighted by Gasteiger charge is -2.16. The summed E-state index contributed by atoms with van der Waals surface area (Å²) in [6, 6.07) is 4.03. The third kappa shape index (κ3) is 5.49. The van der Waals surface area contributed by atoms with Crippen LogP contribution < -0.4 is 11.1 Å². The molecule has 7 heteroatoms. The van der Waals surface area contributed by atoms with Crippen LogP contribution in [0.4, 0.5) is 4.39 Å². The highest BCUT2D eigenvalue weighted by Crippen LogP contribution is 2.18. The number of aliphatic imine (C=N–C) groups is 1. The van der Waals surface area contributed by atoms with Gasteiger partial charge in [0.25, 0.3) is 0 Å². The van der Waals surface area contributed by atoms with E-state index in [4.69, 9.17) is 5.73 Å². The van der Waals surface area contributed by atoms with E-state index in [9.17, 15) is 12.8 Å². The molecule has 0 bridgehead atoms. The monoisotopic (exact) mass is 341 g/mol. The number of hydrogen-bond acceptors (Lipinski definition) is 3. The largest absolute Gasteiger partial charge is 0.370 e. The summed E-state index contributed by atoms with van der Waals surface area (Å²) in [6.45, 7) is 0.0146. The molecule has 1 aromatic rings. The highest BCUT2D eigenvalue weighted by atomic mass is 32.2. The number of sulfone groups is 1. The third-order valence-corrected chi connectivity index (χ3v) is 5.18. The summed E-state index contributed by atoms with van der Waals surface area (Å²) in [5.74, 6) is -0.204. The van der Waals surface area contributed by atoms with Crippen LogP contribution in [-0.2, 0) is 16.4 Å². The highest BCUT2D eigenvalue weighted by molar-refractivity contribution is 7.90. The quantitative estimate of drug-likeness (QED) is 0.381. The molecule has 2 rings (SSSR count). The maximum Gasteiger partial charge on any atom is 0.189 e. The van der Waals surface area contributed by atoms with E-state index < -0.39 is 15.7 Å². The first-order chi connectivity index (χ1) is 10.9. The highest BCUT2D eigenvalue weighted by Gasteiger charge is 2.13. The SMILES string of the molecule is CS(=O)(=O)c1ccc(F)c(CN=C(N)NC2CCCCCC2)c1. The average Bonchev–Trinajstić information content (AvgIpc) is 2.74. The number of nitrogens with two attached hydrogens (primary N) is 1. The molecule has 1 aliphatic rings. The molecular formula is C16H24FN3O2S. The summed E-state index contributed by atoms with van der Waals surface area (Å²) in [7, 11) is -3.37. The molecule has 1 aliphatic carbocycles. The Morgan fingerprint density at radius 1 is 1.30 bits per heavy atom. The molecule has 0 heterocycles. The summed E-state index contributed by atoms with van der Waals surface area (Å²) in [5, 5.41) is 3.18. The standard InChI is InChI=1S/C16H24FN3O2S/c1-23(21,22)14-8-9-15(17)12(10-14)11-19-16(18)20-13-6-4-2-3-5-7-13/h8-10,13H,2-7,11H2,1H3,(H3,18,19,20). The Morgan fingerprint density at radius 2 is 1.96 bits per heavy atom. The average molecular weight is 341 g/mol. The van der Waals surface area contributed by atoms with Crippen molar-refractivity contribution < 1.29 is 12.8 Å². The Balaban J connectivity index is 2.03. The van der Waals surface area contributed by atoms with Gasteiger partial charge in [-0.3, -0.25) is 0 Å². The maximum atomic E-state index is 13.8. The Labute approximate surface area is 137 Å². The van der Waals surface area contributed by atoms with Crippen LogP contribution >= 0.6 is 0 Å². The Kier molecular flexibility index (Phi) is 5.98. The minimum Gasteiger partial charge on any atom is -0.370 e. The van der Waals surface area contributed by atoms with Gasteiger partial charge in [-0.05, 0) is 31.0 Å². The zero-order valence-electron chi connectivity index (χ0n) is 13.4. The van der Waals surface area contributed by atoms with Crippen LogP contribution in [-0.4, -0.2) is 26.7 Å². The number of halogens is 1. The Bertz CT molecular complexity index is 666. The molecule has 1 aromatic carbocycles. The van der Waals surface area contributed by atoms with Gasteiger partial charge in [0.05, 0.1) is 11.4 Å². The van der Waals surface area contributed by atoms with Gasteiger partial charge in [-0.2, -0.15) is 0 Å². The van der Waals surface area contributed by atoms with E-state index in [1.165, 1.54) is 37.8 Å². The first kappa shape index (κ1) is 17.7. The van der Waals surface area contributed by atoms with E-state index in [-0.39, 0.29) is 23.0 Å². The van der Waals surface area contributed by atoms with Crippen LogP contribution in [0, 0.1) is 5.82 Å². The second-order valence-electron chi connectivity index (χ2n) is 6.06. The fraction of sp³-hybridized carbons (Fsp3) is 0.562. The van der Waals surface area contributed by atoms with Gasteiger partial charge >= 0.3 is 0 Å². The van der Waals surface area contributed by atoms with Crippen molar-refractivity contribution in [3.63, 3.8) is 0 Å². The lowest BCUT2D eigenvalue weighted by Crippen LogP contribution is -2.39. The number of benzene rings is 1.